The normalized spacial score (nSPS) is 10.6. The molecule has 0 fully saturated rings. The maximum atomic E-state index is 12.5. The zero-order valence-electron chi connectivity index (χ0n) is 14.7. The molecule has 0 saturated heterocycles. The average Bonchev–Trinajstić information content (AvgIpc) is 2.88. The summed E-state index contributed by atoms with van der Waals surface area (Å²) in [6, 6.07) is 13.1. The second-order valence-electron chi connectivity index (χ2n) is 5.98. The van der Waals surface area contributed by atoms with Crippen LogP contribution in [-0.4, -0.2) is 20.5 Å². The summed E-state index contributed by atoms with van der Waals surface area (Å²) in [4.78, 5) is 23.6. The van der Waals surface area contributed by atoms with Gasteiger partial charge in [-0.3, -0.25) is 19.6 Å². The van der Waals surface area contributed by atoms with Gasteiger partial charge in [0, 0.05) is 24.2 Å². The number of anilines is 2. The van der Waals surface area contributed by atoms with Gasteiger partial charge in [0.2, 0.25) is 0 Å². The zero-order valence-corrected chi connectivity index (χ0v) is 14.7. The standard InChI is InChI=1S/C19H18N4O3/c1-12-18(13(2)22(3)21-12)20-16-10-9-15(11-17(16)23(25)26)19(24)14-7-5-4-6-8-14/h4-11,20H,1-3H3. The van der Waals surface area contributed by atoms with Crippen molar-refractivity contribution in [2.24, 2.45) is 7.05 Å². The molecule has 1 N–H and O–H groups in total. The monoisotopic (exact) mass is 350 g/mol. The van der Waals surface area contributed by atoms with Crippen molar-refractivity contribution in [2.75, 3.05) is 5.32 Å². The van der Waals surface area contributed by atoms with E-state index in [0.29, 0.717) is 11.3 Å². The van der Waals surface area contributed by atoms with Gasteiger partial charge in [0.15, 0.2) is 5.78 Å². The number of ketones is 1. The Balaban J connectivity index is 2.00. The van der Waals surface area contributed by atoms with Crippen LogP contribution in [0.5, 0.6) is 0 Å². The minimum absolute atomic E-state index is 0.158. The smallest absolute Gasteiger partial charge is 0.293 e. The highest BCUT2D eigenvalue weighted by molar-refractivity contribution is 6.09. The van der Waals surface area contributed by atoms with E-state index in [9.17, 15) is 14.9 Å². The molecule has 26 heavy (non-hydrogen) atoms. The Morgan fingerprint density at radius 2 is 1.81 bits per heavy atom. The van der Waals surface area contributed by atoms with Gasteiger partial charge in [0.05, 0.1) is 22.0 Å². The Labute approximate surface area is 150 Å². The highest BCUT2D eigenvalue weighted by Gasteiger charge is 2.20. The van der Waals surface area contributed by atoms with E-state index >= 15 is 0 Å². The molecule has 0 unspecified atom stereocenters. The summed E-state index contributed by atoms with van der Waals surface area (Å²) in [6.45, 7) is 3.70. The van der Waals surface area contributed by atoms with E-state index in [2.05, 4.69) is 10.4 Å². The van der Waals surface area contributed by atoms with Crippen LogP contribution in [0.3, 0.4) is 0 Å². The fraction of sp³-hybridized carbons (Fsp3) is 0.158. The number of hydrogen-bond acceptors (Lipinski definition) is 5. The third-order valence-electron chi connectivity index (χ3n) is 4.26. The number of hydrogen-bond donors (Lipinski definition) is 1. The Hall–Kier alpha value is -3.48. The number of rotatable bonds is 5. The summed E-state index contributed by atoms with van der Waals surface area (Å²) in [6.07, 6.45) is 0. The minimum Gasteiger partial charge on any atom is -0.347 e. The summed E-state index contributed by atoms with van der Waals surface area (Å²) in [7, 11) is 1.81. The molecule has 1 aromatic heterocycles. The Bertz CT molecular complexity index is 994. The first-order valence-corrected chi connectivity index (χ1v) is 8.04. The molecule has 7 heteroatoms. The molecular weight excluding hydrogens is 332 g/mol. The van der Waals surface area contributed by atoms with E-state index in [1.165, 1.54) is 6.07 Å². The lowest BCUT2D eigenvalue weighted by Crippen LogP contribution is -2.04. The Morgan fingerprint density at radius 1 is 1.12 bits per heavy atom. The number of carbonyl (C=O) groups is 1. The van der Waals surface area contributed by atoms with Gasteiger partial charge in [0.1, 0.15) is 5.69 Å². The molecular formula is C19H18N4O3. The predicted octanol–water partition coefficient (Wildman–Crippen LogP) is 3.92. The highest BCUT2D eigenvalue weighted by Crippen LogP contribution is 2.31. The van der Waals surface area contributed by atoms with Crippen LogP contribution in [0.15, 0.2) is 48.5 Å². The van der Waals surface area contributed by atoms with Gasteiger partial charge in [0.25, 0.3) is 5.69 Å². The minimum atomic E-state index is -0.495. The first-order valence-electron chi connectivity index (χ1n) is 8.04. The molecule has 3 aromatic rings. The lowest BCUT2D eigenvalue weighted by atomic mass is 10.0. The van der Waals surface area contributed by atoms with Crippen LogP contribution in [0.1, 0.15) is 27.3 Å². The molecule has 0 atom stereocenters. The second kappa shape index (κ2) is 6.79. The van der Waals surface area contributed by atoms with Crippen LogP contribution in [0.25, 0.3) is 0 Å². The van der Waals surface area contributed by atoms with E-state index < -0.39 is 4.92 Å². The number of nitro benzene ring substituents is 1. The molecule has 0 aliphatic rings. The van der Waals surface area contributed by atoms with E-state index in [4.69, 9.17) is 0 Å². The molecule has 0 bridgehead atoms. The largest absolute Gasteiger partial charge is 0.347 e. The van der Waals surface area contributed by atoms with Crippen LogP contribution >= 0.6 is 0 Å². The average molecular weight is 350 g/mol. The molecule has 0 saturated carbocycles. The molecule has 3 rings (SSSR count). The van der Waals surface area contributed by atoms with E-state index in [1.807, 2.05) is 27.0 Å². The lowest BCUT2D eigenvalue weighted by molar-refractivity contribution is -0.383. The van der Waals surface area contributed by atoms with Gasteiger partial charge < -0.3 is 5.32 Å². The zero-order chi connectivity index (χ0) is 18.8. The second-order valence-corrected chi connectivity index (χ2v) is 5.98. The fourth-order valence-electron chi connectivity index (χ4n) is 2.78. The van der Waals surface area contributed by atoms with Crippen molar-refractivity contribution in [2.45, 2.75) is 13.8 Å². The number of aryl methyl sites for hydroxylation is 2. The van der Waals surface area contributed by atoms with Crippen LogP contribution in [0.2, 0.25) is 0 Å². The fourth-order valence-corrected chi connectivity index (χ4v) is 2.78. The molecule has 132 valence electrons. The predicted molar refractivity (Wildman–Crippen MR) is 98.9 cm³/mol. The van der Waals surface area contributed by atoms with Crippen molar-refractivity contribution >= 4 is 22.8 Å². The molecule has 0 aliphatic heterocycles. The third kappa shape index (κ3) is 3.19. The summed E-state index contributed by atoms with van der Waals surface area (Å²) in [5, 5.41) is 18.9. The van der Waals surface area contributed by atoms with Gasteiger partial charge >= 0.3 is 0 Å². The van der Waals surface area contributed by atoms with E-state index in [-0.39, 0.29) is 17.0 Å². The summed E-state index contributed by atoms with van der Waals surface area (Å²) >= 11 is 0. The molecule has 0 radical (unpaired) electrons. The molecule has 0 aliphatic carbocycles. The van der Waals surface area contributed by atoms with Crippen molar-refractivity contribution < 1.29 is 9.72 Å². The van der Waals surface area contributed by atoms with E-state index in [1.54, 1.807) is 41.1 Å². The first kappa shape index (κ1) is 17.3. The molecule has 7 nitrogen and oxygen atoms in total. The first-order chi connectivity index (χ1) is 12.4. The highest BCUT2D eigenvalue weighted by atomic mass is 16.6. The summed E-state index contributed by atoms with van der Waals surface area (Å²) in [5.74, 6) is -0.256. The molecule has 1 heterocycles. The number of nitrogens with one attached hydrogen (secondary N) is 1. The van der Waals surface area contributed by atoms with Gasteiger partial charge in [-0.1, -0.05) is 30.3 Å². The summed E-state index contributed by atoms with van der Waals surface area (Å²) < 4.78 is 1.71. The lowest BCUT2D eigenvalue weighted by Gasteiger charge is -2.09. The van der Waals surface area contributed by atoms with Gasteiger partial charge in [-0.2, -0.15) is 5.10 Å². The maximum Gasteiger partial charge on any atom is 0.293 e. The Kier molecular flexibility index (Phi) is 4.53. The third-order valence-corrected chi connectivity index (χ3v) is 4.26. The summed E-state index contributed by atoms with van der Waals surface area (Å²) in [5.41, 5.74) is 3.24. The number of nitrogens with zero attached hydrogens (tertiary/aromatic N) is 3. The maximum absolute atomic E-state index is 12.5. The van der Waals surface area contributed by atoms with Crippen LogP contribution < -0.4 is 5.32 Å². The number of carbonyl (C=O) groups excluding carboxylic acids is 1. The van der Waals surface area contributed by atoms with Crippen LogP contribution in [0.4, 0.5) is 17.1 Å². The molecule has 0 spiro atoms. The van der Waals surface area contributed by atoms with E-state index in [0.717, 1.165) is 17.1 Å². The van der Waals surface area contributed by atoms with Crippen molar-refractivity contribution in [1.82, 2.24) is 9.78 Å². The number of aromatic nitrogens is 2. The van der Waals surface area contributed by atoms with Crippen molar-refractivity contribution in [3.8, 4) is 0 Å². The number of benzene rings is 2. The van der Waals surface area contributed by atoms with Gasteiger partial charge in [-0.05, 0) is 26.0 Å². The number of nitro groups is 1. The van der Waals surface area contributed by atoms with Crippen molar-refractivity contribution in [1.29, 1.82) is 0 Å². The van der Waals surface area contributed by atoms with Crippen LogP contribution in [0, 0.1) is 24.0 Å². The SMILES string of the molecule is Cc1nn(C)c(C)c1Nc1ccc(C(=O)c2ccccc2)cc1[N+](=O)[O-]. The van der Waals surface area contributed by atoms with Crippen molar-refractivity contribution in [3.63, 3.8) is 0 Å². The topological polar surface area (TPSA) is 90.1 Å². The van der Waals surface area contributed by atoms with Gasteiger partial charge in [-0.25, -0.2) is 0 Å². The van der Waals surface area contributed by atoms with Crippen molar-refractivity contribution in [3.05, 3.63) is 81.2 Å². The molecule has 2 aromatic carbocycles. The molecule has 0 amide bonds. The van der Waals surface area contributed by atoms with Crippen LogP contribution in [-0.2, 0) is 7.05 Å². The Morgan fingerprint density at radius 3 is 2.38 bits per heavy atom. The quantitative estimate of drug-likeness (QED) is 0.428. The van der Waals surface area contributed by atoms with Gasteiger partial charge in [-0.15, -0.1) is 0 Å².